The van der Waals surface area contributed by atoms with Crippen molar-refractivity contribution in [3.8, 4) is 5.75 Å². The van der Waals surface area contributed by atoms with Crippen molar-refractivity contribution in [2.45, 2.75) is 214 Å². The van der Waals surface area contributed by atoms with Crippen LogP contribution in [0.1, 0.15) is 192 Å². The fourth-order valence-corrected chi connectivity index (χ4v) is 10.2. The van der Waals surface area contributed by atoms with Crippen LogP contribution in [-0.2, 0) is 40.4 Å². The minimum atomic E-state index is -1.30. The Labute approximate surface area is 335 Å². The number of unbranched alkanes of at least 4 members (excludes halogenated alkanes) is 1. The van der Waals surface area contributed by atoms with Gasteiger partial charge in [0.25, 0.3) is 0 Å². The molecule has 1 aromatic carbocycles. The van der Waals surface area contributed by atoms with Gasteiger partial charge < -0.3 is 14.9 Å². The smallest absolute Gasteiger partial charge is 0.321 e. The van der Waals surface area contributed by atoms with Crippen LogP contribution >= 0.6 is 0 Å². The molecular weight excluding hydrogens is 693 g/mol. The highest BCUT2D eigenvalue weighted by Crippen LogP contribution is 2.59. The first-order valence-corrected chi connectivity index (χ1v) is 21.2. The van der Waals surface area contributed by atoms with Crippen LogP contribution in [0.2, 0.25) is 0 Å². The van der Waals surface area contributed by atoms with Crippen LogP contribution in [-0.4, -0.2) is 67.6 Å². The lowest BCUT2D eigenvalue weighted by atomic mass is 9.57. The molecule has 3 rings (SSSR count). The zero-order chi connectivity index (χ0) is 42.2. The van der Waals surface area contributed by atoms with E-state index in [1.165, 1.54) is 0 Å². The summed E-state index contributed by atoms with van der Waals surface area (Å²) in [6, 6.07) is 4.17. The van der Waals surface area contributed by atoms with E-state index in [1.54, 1.807) is 0 Å². The third-order valence-corrected chi connectivity index (χ3v) is 12.1. The summed E-state index contributed by atoms with van der Waals surface area (Å²) in [7, 11) is 0. The number of phenols is 1. The minimum Gasteiger partial charge on any atom is -0.507 e. The molecule has 0 spiro atoms. The third-order valence-electron chi connectivity index (χ3n) is 12.1. The first-order chi connectivity index (χ1) is 25.0. The molecule has 9 heteroatoms. The van der Waals surface area contributed by atoms with Gasteiger partial charge in [0.15, 0.2) is 5.92 Å². The van der Waals surface area contributed by atoms with Crippen LogP contribution in [0.15, 0.2) is 12.1 Å². The second kappa shape index (κ2) is 17.0. The molecule has 2 saturated heterocycles. The van der Waals surface area contributed by atoms with E-state index in [-0.39, 0.29) is 24.0 Å². The Morgan fingerprint density at radius 1 is 0.709 bits per heavy atom. The number of carbonyl (C=O) groups is 2. The van der Waals surface area contributed by atoms with Gasteiger partial charge in [0.1, 0.15) is 11.4 Å². The first kappa shape index (κ1) is 47.2. The van der Waals surface area contributed by atoms with E-state index in [0.29, 0.717) is 45.3 Å². The summed E-state index contributed by atoms with van der Waals surface area (Å²) >= 11 is 0. The zero-order valence-corrected chi connectivity index (χ0v) is 38.0. The summed E-state index contributed by atoms with van der Waals surface area (Å²) < 4.78 is 7.28. The van der Waals surface area contributed by atoms with Crippen molar-refractivity contribution in [3.05, 3.63) is 28.8 Å². The number of aromatic hydroxyl groups is 1. The molecule has 1 atom stereocenters. The lowest BCUT2D eigenvalue weighted by molar-refractivity contribution is -0.316. The molecule has 316 valence electrons. The van der Waals surface area contributed by atoms with Crippen LogP contribution < -0.4 is 0 Å². The van der Waals surface area contributed by atoms with Gasteiger partial charge in [-0.05, 0) is 140 Å². The number of nitrogens with zero attached hydrogens (tertiary/aromatic N) is 2. The van der Waals surface area contributed by atoms with E-state index in [1.807, 2.05) is 6.92 Å². The fraction of sp³-hybridized carbons (Fsp3) is 0.826. The molecule has 0 aliphatic carbocycles. The van der Waals surface area contributed by atoms with Gasteiger partial charge in [-0.3, -0.25) is 19.3 Å². The van der Waals surface area contributed by atoms with Gasteiger partial charge in [0.2, 0.25) is 0 Å². The average Bonchev–Trinajstić information content (AvgIpc) is 3.00. The predicted octanol–water partition coefficient (Wildman–Crippen LogP) is 10.8. The molecule has 2 heterocycles. The van der Waals surface area contributed by atoms with E-state index < -0.39 is 56.4 Å². The van der Waals surface area contributed by atoms with Crippen LogP contribution in [0.3, 0.4) is 0 Å². The standard InChI is InChI=1S/C46H80N2O7/c1-18-21-22-34(38(50)51)39(52)55-46(32-27-42(10,11)47(53-23-19-2)43(12,13)28-32,33-29-44(14,15)48(54-24-20-3)45(16,17)30-33)31-25-35(40(4,5)6)37(49)36(26-31)41(7,8)9/h25-26,32-34,49H,18-24,27-30H2,1-17H3,(H,50,51). The molecule has 0 aromatic heterocycles. The number of benzene rings is 1. The van der Waals surface area contributed by atoms with Crippen molar-refractivity contribution in [2.24, 2.45) is 17.8 Å². The summed E-state index contributed by atoms with van der Waals surface area (Å²) in [5.41, 5.74) is -1.69. The minimum absolute atomic E-state index is 0.206. The van der Waals surface area contributed by atoms with Crippen LogP contribution in [0, 0.1) is 17.8 Å². The fourth-order valence-electron chi connectivity index (χ4n) is 10.2. The number of rotatable bonds is 15. The van der Waals surface area contributed by atoms with Gasteiger partial charge in [-0.1, -0.05) is 75.2 Å². The number of hydrogen-bond acceptors (Lipinski definition) is 8. The van der Waals surface area contributed by atoms with Crippen LogP contribution in [0.5, 0.6) is 5.75 Å². The molecule has 2 fully saturated rings. The molecule has 2 aliphatic rings. The Balaban J connectivity index is 2.59. The van der Waals surface area contributed by atoms with Crippen LogP contribution in [0.25, 0.3) is 0 Å². The Bertz CT molecular complexity index is 1360. The van der Waals surface area contributed by atoms with Crippen molar-refractivity contribution in [1.82, 2.24) is 10.1 Å². The number of carboxylic acids is 1. The topological polar surface area (TPSA) is 109 Å². The number of hydrogen-bond donors (Lipinski definition) is 2. The number of carboxylic acid groups (broad SMARTS) is 1. The Morgan fingerprint density at radius 3 is 1.36 bits per heavy atom. The molecule has 1 unspecified atom stereocenters. The highest BCUT2D eigenvalue weighted by atomic mass is 16.7. The SMILES string of the molecule is CCCCC(C(=O)O)C(=O)OC(c1cc(C(C)(C)C)c(O)c(C(C)(C)C)c1)(C1CC(C)(C)N(OCCC)C(C)(C)C1)C1CC(C)(C)N(OCCC)C(C)(C)C1. The number of piperidine rings is 2. The molecule has 2 aliphatic heterocycles. The van der Waals surface area contributed by atoms with Gasteiger partial charge in [0.05, 0.1) is 13.2 Å². The Hall–Kier alpha value is -2.20. The van der Waals surface area contributed by atoms with Gasteiger partial charge in [-0.2, -0.15) is 10.1 Å². The largest absolute Gasteiger partial charge is 0.507 e. The molecule has 0 amide bonds. The van der Waals surface area contributed by atoms with E-state index in [4.69, 9.17) is 14.4 Å². The second-order valence-corrected chi connectivity index (χ2v) is 21.4. The number of aliphatic carboxylic acids is 1. The van der Waals surface area contributed by atoms with Crippen molar-refractivity contribution in [1.29, 1.82) is 0 Å². The van der Waals surface area contributed by atoms with Gasteiger partial charge >= 0.3 is 11.9 Å². The van der Waals surface area contributed by atoms with E-state index in [9.17, 15) is 19.8 Å². The zero-order valence-electron chi connectivity index (χ0n) is 38.0. The maximum Gasteiger partial charge on any atom is 0.321 e. The van der Waals surface area contributed by atoms with Crippen molar-refractivity contribution >= 4 is 11.9 Å². The van der Waals surface area contributed by atoms with Crippen molar-refractivity contribution < 1.29 is 34.2 Å². The van der Waals surface area contributed by atoms with Crippen LogP contribution in [0.4, 0.5) is 0 Å². The van der Waals surface area contributed by atoms with Gasteiger partial charge in [0, 0.05) is 34.0 Å². The van der Waals surface area contributed by atoms with E-state index in [2.05, 4.69) is 133 Å². The summed E-state index contributed by atoms with van der Waals surface area (Å²) in [5.74, 6) is -3.38. The first-order valence-electron chi connectivity index (χ1n) is 21.2. The van der Waals surface area contributed by atoms with E-state index in [0.717, 1.165) is 36.0 Å². The summed E-state index contributed by atoms with van der Waals surface area (Å²) in [4.78, 5) is 40.9. The number of ether oxygens (including phenoxy) is 1. The molecule has 9 nitrogen and oxygen atoms in total. The lowest BCUT2D eigenvalue weighted by Gasteiger charge is -2.62. The van der Waals surface area contributed by atoms with E-state index >= 15 is 0 Å². The third kappa shape index (κ3) is 10.1. The number of esters is 1. The molecule has 2 N–H and O–H groups in total. The lowest BCUT2D eigenvalue weighted by Crippen LogP contribution is -2.67. The Kier molecular flexibility index (Phi) is 14.5. The highest BCUT2D eigenvalue weighted by Gasteiger charge is 2.62. The molecule has 1 aromatic rings. The monoisotopic (exact) mass is 773 g/mol. The molecule has 0 bridgehead atoms. The maximum absolute atomic E-state index is 14.9. The van der Waals surface area contributed by atoms with Gasteiger partial charge in [-0.25, -0.2) is 0 Å². The molecule has 55 heavy (non-hydrogen) atoms. The second-order valence-electron chi connectivity index (χ2n) is 21.4. The predicted molar refractivity (Wildman–Crippen MR) is 222 cm³/mol. The van der Waals surface area contributed by atoms with Gasteiger partial charge in [-0.15, -0.1) is 0 Å². The summed E-state index contributed by atoms with van der Waals surface area (Å²) in [5, 5.41) is 26.9. The maximum atomic E-state index is 14.9. The normalized spacial score (nSPS) is 21.7. The highest BCUT2D eigenvalue weighted by molar-refractivity contribution is 5.94. The summed E-state index contributed by atoms with van der Waals surface area (Å²) in [6.45, 7) is 37.7. The molecular formula is C46H80N2O7. The molecule has 0 radical (unpaired) electrons. The van der Waals surface area contributed by atoms with Crippen molar-refractivity contribution in [2.75, 3.05) is 13.2 Å². The molecule has 0 saturated carbocycles. The quantitative estimate of drug-likeness (QED) is 0.133. The summed E-state index contributed by atoms with van der Waals surface area (Å²) in [6.07, 6.45) is 5.84. The number of hydroxylamine groups is 4. The number of carbonyl (C=O) groups excluding carboxylic acids is 1. The number of phenolic OH excluding ortho intramolecular Hbond substituents is 1. The van der Waals surface area contributed by atoms with Crippen molar-refractivity contribution in [3.63, 3.8) is 0 Å². The Morgan fingerprint density at radius 2 is 1.07 bits per heavy atom. The average molecular weight is 773 g/mol.